The van der Waals surface area contributed by atoms with Gasteiger partial charge in [-0.15, -0.1) is 11.3 Å². The number of benzene rings is 1. The summed E-state index contributed by atoms with van der Waals surface area (Å²) >= 11 is 3.48. The van der Waals surface area contributed by atoms with E-state index >= 15 is 0 Å². The van der Waals surface area contributed by atoms with Crippen molar-refractivity contribution in [3.8, 4) is 0 Å². The van der Waals surface area contributed by atoms with Gasteiger partial charge in [0.1, 0.15) is 0 Å². The quantitative estimate of drug-likeness (QED) is 0.734. The Kier molecular flexibility index (Phi) is 4.28. The zero-order valence-corrected chi connectivity index (χ0v) is 13.6. The van der Waals surface area contributed by atoms with Crippen molar-refractivity contribution in [1.29, 1.82) is 0 Å². The Morgan fingerprint density at radius 2 is 2.19 bits per heavy atom. The second-order valence-electron chi connectivity index (χ2n) is 4.96. The molecule has 2 aromatic heterocycles. The molecule has 0 spiro atoms. The second-order valence-corrected chi connectivity index (χ2v) is 7.48. The minimum absolute atomic E-state index is 0.0241. The zero-order chi connectivity index (χ0) is 14.8. The number of hydrogen-bond donors (Lipinski definition) is 1. The number of para-hydroxylation sites is 1. The maximum absolute atomic E-state index is 9.20. The van der Waals surface area contributed by atoms with Crippen molar-refractivity contribution < 1.29 is 5.11 Å². The summed E-state index contributed by atoms with van der Waals surface area (Å²) in [5.74, 6) is 0. The molecule has 21 heavy (non-hydrogen) atoms. The van der Waals surface area contributed by atoms with Gasteiger partial charge in [0.15, 0.2) is 5.16 Å². The smallest absolute Gasteiger partial charge is 0.168 e. The second kappa shape index (κ2) is 6.17. The predicted octanol–water partition coefficient (Wildman–Crippen LogP) is 3.25. The van der Waals surface area contributed by atoms with E-state index in [0.29, 0.717) is 5.25 Å². The number of fused-ring (bicyclic) bond motifs is 1. The number of nitrogens with zero attached hydrogens (tertiary/aromatic N) is 3. The lowest BCUT2D eigenvalue weighted by Gasteiger charge is -2.09. The minimum atomic E-state index is 0.0241. The van der Waals surface area contributed by atoms with Gasteiger partial charge in [-0.05, 0) is 12.1 Å². The molecule has 1 atom stereocenters. The Morgan fingerprint density at radius 3 is 2.90 bits per heavy atom. The van der Waals surface area contributed by atoms with Crippen molar-refractivity contribution >= 4 is 33.3 Å². The molecule has 0 aliphatic carbocycles. The van der Waals surface area contributed by atoms with Crippen LogP contribution in [0.15, 0.2) is 35.6 Å². The Balaban J connectivity index is 1.70. The van der Waals surface area contributed by atoms with Gasteiger partial charge >= 0.3 is 0 Å². The maximum Gasteiger partial charge on any atom is 0.168 e. The van der Waals surface area contributed by atoms with Gasteiger partial charge in [0.25, 0.3) is 0 Å². The average Bonchev–Trinajstić information content (AvgIpc) is 3.02. The van der Waals surface area contributed by atoms with Crippen LogP contribution < -0.4 is 0 Å². The molecular formula is C15H17N3OS2. The molecule has 0 radical (unpaired) electrons. The van der Waals surface area contributed by atoms with E-state index < -0.39 is 0 Å². The molecule has 0 bridgehead atoms. The summed E-state index contributed by atoms with van der Waals surface area (Å²) in [6.07, 6.45) is 2.65. The van der Waals surface area contributed by atoms with Crippen LogP contribution in [0.2, 0.25) is 0 Å². The zero-order valence-electron chi connectivity index (χ0n) is 12.0. The SMILES string of the molecule is CC(Cc1nc2ccccc2s1)Sc1ncc(CO)n1C. The summed E-state index contributed by atoms with van der Waals surface area (Å²) in [4.78, 5) is 9.04. The number of aliphatic hydroxyl groups excluding tert-OH is 1. The van der Waals surface area contributed by atoms with E-state index in [1.165, 1.54) is 4.70 Å². The number of imidazole rings is 1. The molecule has 6 heteroatoms. The molecule has 110 valence electrons. The van der Waals surface area contributed by atoms with Gasteiger partial charge < -0.3 is 9.67 Å². The molecular weight excluding hydrogens is 302 g/mol. The highest BCUT2D eigenvalue weighted by Gasteiger charge is 2.13. The van der Waals surface area contributed by atoms with Crippen molar-refractivity contribution in [1.82, 2.24) is 14.5 Å². The normalized spacial score (nSPS) is 12.9. The first-order valence-corrected chi connectivity index (χ1v) is 8.49. The van der Waals surface area contributed by atoms with Crippen LogP contribution >= 0.6 is 23.1 Å². The number of thiazole rings is 1. The number of thioether (sulfide) groups is 1. The van der Waals surface area contributed by atoms with Crippen LogP contribution in [-0.2, 0) is 20.1 Å². The first-order chi connectivity index (χ1) is 10.2. The van der Waals surface area contributed by atoms with E-state index in [2.05, 4.69) is 29.0 Å². The van der Waals surface area contributed by atoms with E-state index in [1.807, 2.05) is 23.7 Å². The van der Waals surface area contributed by atoms with Crippen molar-refractivity contribution in [2.75, 3.05) is 0 Å². The minimum Gasteiger partial charge on any atom is -0.390 e. The van der Waals surface area contributed by atoms with Gasteiger partial charge in [-0.25, -0.2) is 9.97 Å². The standard InChI is InChI=1S/C15H17N3OS2/c1-10(20-15-16-8-11(9-19)18(15)2)7-14-17-12-5-3-4-6-13(12)21-14/h3-6,8,10,19H,7,9H2,1-2H3. The van der Waals surface area contributed by atoms with E-state index in [-0.39, 0.29) is 6.61 Å². The Labute approximate surface area is 131 Å². The van der Waals surface area contributed by atoms with Gasteiger partial charge in [-0.2, -0.15) is 0 Å². The fraction of sp³-hybridized carbons (Fsp3) is 0.333. The summed E-state index contributed by atoms with van der Waals surface area (Å²) in [6.45, 7) is 2.21. The molecule has 0 fully saturated rings. The van der Waals surface area contributed by atoms with Gasteiger partial charge in [-0.3, -0.25) is 0 Å². The van der Waals surface area contributed by atoms with Crippen LogP contribution in [0, 0.1) is 0 Å². The lowest BCUT2D eigenvalue weighted by atomic mass is 10.3. The molecule has 1 unspecified atom stereocenters. The summed E-state index contributed by atoms with van der Waals surface area (Å²) in [6, 6.07) is 8.24. The van der Waals surface area contributed by atoms with Crippen molar-refractivity contribution in [2.45, 2.75) is 30.4 Å². The molecule has 3 rings (SSSR count). The largest absolute Gasteiger partial charge is 0.390 e. The van der Waals surface area contributed by atoms with E-state index in [9.17, 15) is 5.11 Å². The van der Waals surface area contributed by atoms with Crippen LogP contribution in [0.5, 0.6) is 0 Å². The first-order valence-electron chi connectivity index (χ1n) is 6.80. The summed E-state index contributed by atoms with van der Waals surface area (Å²) in [5.41, 5.74) is 1.92. The molecule has 1 N–H and O–H groups in total. The summed E-state index contributed by atoms with van der Waals surface area (Å²) in [7, 11) is 1.94. The predicted molar refractivity (Wildman–Crippen MR) is 87.8 cm³/mol. The number of hydrogen-bond acceptors (Lipinski definition) is 5. The maximum atomic E-state index is 9.20. The topological polar surface area (TPSA) is 50.9 Å². The van der Waals surface area contributed by atoms with Gasteiger partial charge in [0.05, 0.1) is 33.7 Å². The van der Waals surface area contributed by atoms with Crippen LogP contribution in [0.3, 0.4) is 0 Å². The molecule has 3 aromatic rings. The fourth-order valence-corrected chi connectivity index (χ4v) is 4.35. The number of aromatic nitrogens is 3. The van der Waals surface area contributed by atoms with Crippen molar-refractivity contribution in [3.63, 3.8) is 0 Å². The third kappa shape index (κ3) is 3.12. The molecule has 0 aliphatic heterocycles. The third-order valence-electron chi connectivity index (χ3n) is 3.31. The molecule has 1 aromatic carbocycles. The van der Waals surface area contributed by atoms with Gasteiger partial charge in [0.2, 0.25) is 0 Å². The average molecular weight is 319 g/mol. The highest BCUT2D eigenvalue weighted by Crippen LogP contribution is 2.28. The highest BCUT2D eigenvalue weighted by atomic mass is 32.2. The van der Waals surface area contributed by atoms with E-state index in [1.54, 1.807) is 29.3 Å². The van der Waals surface area contributed by atoms with Gasteiger partial charge in [0, 0.05) is 18.7 Å². The molecule has 0 aliphatic rings. The summed E-state index contributed by atoms with van der Waals surface area (Å²) in [5, 5.41) is 11.7. The van der Waals surface area contributed by atoms with Gasteiger partial charge in [-0.1, -0.05) is 30.8 Å². The lowest BCUT2D eigenvalue weighted by molar-refractivity contribution is 0.271. The van der Waals surface area contributed by atoms with Crippen LogP contribution in [0.1, 0.15) is 17.6 Å². The third-order valence-corrected chi connectivity index (χ3v) is 5.53. The van der Waals surface area contributed by atoms with E-state index in [0.717, 1.165) is 27.8 Å². The Morgan fingerprint density at radius 1 is 1.38 bits per heavy atom. The Bertz CT molecular complexity index is 717. The molecule has 0 amide bonds. The Hall–Kier alpha value is -1.37. The highest BCUT2D eigenvalue weighted by molar-refractivity contribution is 7.99. The first kappa shape index (κ1) is 14.6. The summed E-state index contributed by atoms with van der Waals surface area (Å²) < 4.78 is 3.18. The van der Waals surface area contributed by atoms with Crippen molar-refractivity contribution in [2.24, 2.45) is 7.05 Å². The number of aliphatic hydroxyl groups is 1. The molecule has 0 saturated carbocycles. The number of rotatable bonds is 5. The van der Waals surface area contributed by atoms with Crippen molar-refractivity contribution in [3.05, 3.63) is 41.2 Å². The van der Waals surface area contributed by atoms with Crippen LogP contribution in [-0.4, -0.2) is 24.9 Å². The monoisotopic (exact) mass is 319 g/mol. The van der Waals surface area contributed by atoms with E-state index in [4.69, 9.17) is 0 Å². The molecule has 4 nitrogen and oxygen atoms in total. The lowest BCUT2D eigenvalue weighted by Crippen LogP contribution is -2.04. The van der Waals surface area contributed by atoms with Crippen LogP contribution in [0.25, 0.3) is 10.2 Å². The fourth-order valence-electron chi connectivity index (χ4n) is 2.16. The van der Waals surface area contributed by atoms with Crippen LogP contribution in [0.4, 0.5) is 0 Å². The molecule has 2 heterocycles. The molecule has 0 saturated heterocycles.